The van der Waals surface area contributed by atoms with Crippen molar-refractivity contribution in [3.63, 3.8) is 0 Å². The lowest BCUT2D eigenvalue weighted by Gasteiger charge is -2.03. The second-order valence-electron chi connectivity index (χ2n) is 4.58. The largest absolute Gasteiger partial charge is 0.382 e. The number of nitrogen functional groups attached to an aromatic ring is 1. The van der Waals surface area contributed by atoms with E-state index in [1.54, 1.807) is 6.07 Å². The monoisotopic (exact) mass is 310 g/mol. The number of sulfone groups is 1. The van der Waals surface area contributed by atoms with Gasteiger partial charge in [-0.05, 0) is 12.5 Å². The number of hydrogen-bond acceptors (Lipinski definition) is 7. The molecular formula is C12H18N6O2S. The Bertz CT molecular complexity index is 711. The van der Waals surface area contributed by atoms with Gasteiger partial charge in [0.1, 0.15) is 0 Å². The first-order valence-corrected chi connectivity index (χ1v) is 8.44. The van der Waals surface area contributed by atoms with E-state index in [0.717, 1.165) is 19.1 Å². The van der Waals surface area contributed by atoms with Gasteiger partial charge in [-0.3, -0.25) is 0 Å². The van der Waals surface area contributed by atoms with Crippen molar-refractivity contribution < 1.29 is 8.42 Å². The lowest BCUT2D eigenvalue weighted by Crippen LogP contribution is -2.08. The van der Waals surface area contributed by atoms with Gasteiger partial charge in [-0.15, -0.1) is 5.10 Å². The molecule has 0 aliphatic carbocycles. The minimum Gasteiger partial charge on any atom is -0.382 e. The summed E-state index contributed by atoms with van der Waals surface area (Å²) >= 11 is 0. The quantitative estimate of drug-likeness (QED) is 0.760. The maximum atomic E-state index is 11.9. The van der Waals surface area contributed by atoms with Crippen molar-refractivity contribution in [3.8, 4) is 5.95 Å². The highest BCUT2D eigenvalue weighted by Crippen LogP contribution is 2.28. The van der Waals surface area contributed by atoms with Crippen LogP contribution in [0.4, 0.5) is 11.6 Å². The molecule has 2 heterocycles. The van der Waals surface area contributed by atoms with Gasteiger partial charge >= 0.3 is 0 Å². The van der Waals surface area contributed by atoms with Crippen LogP contribution in [0, 0.1) is 0 Å². The topological polar surface area (TPSA) is 116 Å². The zero-order valence-electron chi connectivity index (χ0n) is 11.9. The molecule has 0 fully saturated rings. The molecule has 0 aromatic carbocycles. The summed E-state index contributed by atoms with van der Waals surface area (Å²) < 4.78 is 25.1. The predicted octanol–water partition coefficient (Wildman–Crippen LogP) is 0.860. The van der Waals surface area contributed by atoms with Crippen molar-refractivity contribution in [1.82, 2.24) is 19.7 Å². The zero-order chi connectivity index (χ0) is 15.5. The standard InChI is InChI=1S/C12H18N6O2S/c1-3-4-6-14-11-9(21(2,19)20)10(13)18(17-11)12-15-7-5-8-16-12/h5,7-8H,3-4,6,13H2,1-2H3,(H,14,17). The Morgan fingerprint density at radius 3 is 2.57 bits per heavy atom. The maximum absolute atomic E-state index is 11.9. The first-order chi connectivity index (χ1) is 9.95. The molecule has 0 saturated carbocycles. The van der Waals surface area contributed by atoms with Crippen molar-refractivity contribution in [2.45, 2.75) is 24.7 Å². The number of unbranched alkanes of at least 4 members (excludes halogenated alkanes) is 1. The number of aromatic nitrogens is 4. The van der Waals surface area contributed by atoms with E-state index < -0.39 is 9.84 Å². The summed E-state index contributed by atoms with van der Waals surface area (Å²) in [5.41, 5.74) is 5.93. The fraction of sp³-hybridized carbons (Fsp3) is 0.417. The highest BCUT2D eigenvalue weighted by molar-refractivity contribution is 7.91. The minimum atomic E-state index is -3.51. The van der Waals surface area contributed by atoms with E-state index in [-0.39, 0.29) is 22.5 Å². The van der Waals surface area contributed by atoms with Gasteiger partial charge in [0, 0.05) is 25.2 Å². The molecule has 0 spiro atoms. The zero-order valence-corrected chi connectivity index (χ0v) is 12.8. The van der Waals surface area contributed by atoms with Crippen LogP contribution in [0.15, 0.2) is 23.4 Å². The third kappa shape index (κ3) is 3.30. The first-order valence-electron chi connectivity index (χ1n) is 6.55. The Balaban J connectivity index is 2.50. The Labute approximate surface area is 123 Å². The number of nitrogens with one attached hydrogen (secondary N) is 1. The summed E-state index contributed by atoms with van der Waals surface area (Å²) in [6.45, 7) is 2.66. The van der Waals surface area contributed by atoms with E-state index in [1.807, 2.05) is 6.92 Å². The van der Waals surface area contributed by atoms with E-state index in [9.17, 15) is 8.42 Å². The molecule has 2 aromatic heterocycles. The van der Waals surface area contributed by atoms with Crippen molar-refractivity contribution in [2.24, 2.45) is 0 Å². The van der Waals surface area contributed by atoms with Gasteiger partial charge in [0.2, 0.25) is 0 Å². The lowest BCUT2D eigenvalue weighted by molar-refractivity contribution is 0.602. The van der Waals surface area contributed by atoms with Crippen LogP contribution in [0.5, 0.6) is 0 Å². The summed E-state index contributed by atoms with van der Waals surface area (Å²) in [7, 11) is -3.51. The van der Waals surface area contributed by atoms with E-state index >= 15 is 0 Å². The Kier molecular flexibility index (Phi) is 4.41. The SMILES string of the molecule is CCCCNc1nn(-c2ncccn2)c(N)c1S(C)(=O)=O. The second kappa shape index (κ2) is 6.08. The molecule has 0 aliphatic rings. The average Bonchev–Trinajstić information content (AvgIpc) is 2.77. The molecule has 2 aromatic rings. The molecule has 0 atom stereocenters. The van der Waals surface area contributed by atoms with E-state index in [0.29, 0.717) is 6.54 Å². The highest BCUT2D eigenvalue weighted by atomic mass is 32.2. The molecule has 3 N–H and O–H groups in total. The van der Waals surface area contributed by atoms with Crippen LogP contribution in [0.25, 0.3) is 5.95 Å². The summed E-state index contributed by atoms with van der Waals surface area (Å²) in [4.78, 5) is 8.04. The molecular weight excluding hydrogens is 292 g/mol. The van der Waals surface area contributed by atoms with Gasteiger partial charge in [-0.25, -0.2) is 18.4 Å². The summed E-state index contributed by atoms with van der Waals surface area (Å²) in [6.07, 6.45) is 6.06. The lowest BCUT2D eigenvalue weighted by atomic mass is 10.3. The molecule has 0 aliphatic heterocycles. The van der Waals surface area contributed by atoms with E-state index in [2.05, 4.69) is 20.4 Å². The van der Waals surface area contributed by atoms with E-state index in [1.165, 1.54) is 17.1 Å². The highest BCUT2D eigenvalue weighted by Gasteiger charge is 2.25. The van der Waals surface area contributed by atoms with Gasteiger partial charge in [0.15, 0.2) is 26.4 Å². The number of hydrogen-bond donors (Lipinski definition) is 2. The molecule has 21 heavy (non-hydrogen) atoms. The molecule has 0 saturated heterocycles. The molecule has 2 rings (SSSR count). The van der Waals surface area contributed by atoms with Crippen LogP contribution in [-0.4, -0.2) is 41.0 Å². The van der Waals surface area contributed by atoms with Gasteiger partial charge in [-0.2, -0.15) is 4.68 Å². The van der Waals surface area contributed by atoms with Crippen LogP contribution in [0.3, 0.4) is 0 Å². The summed E-state index contributed by atoms with van der Waals surface area (Å²) in [5, 5.41) is 7.20. The molecule has 0 amide bonds. The average molecular weight is 310 g/mol. The van der Waals surface area contributed by atoms with Gasteiger partial charge in [-0.1, -0.05) is 13.3 Å². The van der Waals surface area contributed by atoms with Crippen molar-refractivity contribution in [1.29, 1.82) is 0 Å². The van der Waals surface area contributed by atoms with Crippen LogP contribution < -0.4 is 11.1 Å². The molecule has 8 nitrogen and oxygen atoms in total. The fourth-order valence-corrected chi connectivity index (χ4v) is 2.77. The van der Waals surface area contributed by atoms with Gasteiger partial charge in [0.05, 0.1) is 0 Å². The van der Waals surface area contributed by atoms with Crippen LogP contribution in [0.2, 0.25) is 0 Å². The van der Waals surface area contributed by atoms with Crippen LogP contribution in [-0.2, 0) is 9.84 Å². The Hall–Kier alpha value is -2.16. The normalized spacial score (nSPS) is 11.5. The van der Waals surface area contributed by atoms with Crippen molar-refractivity contribution >= 4 is 21.5 Å². The molecule has 9 heteroatoms. The third-order valence-corrected chi connectivity index (χ3v) is 3.96. The Morgan fingerprint density at radius 2 is 2.00 bits per heavy atom. The summed E-state index contributed by atoms with van der Waals surface area (Å²) in [5.74, 6) is 0.460. The summed E-state index contributed by atoms with van der Waals surface area (Å²) in [6, 6.07) is 1.65. The Morgan fingerprint density at radius 1 is 1.33 bits per heavy atom. The molecule has 0 bridgehead atoms. The smallest absolute Gasteiger partial charge is 0.252 e. The first kappa shape index (κ1) is 15.2. The predicted molar refractivity (Wildman–Crippen MR) is 80.1 cm³/mol. The van der Waals surface area contributed by atoms with Gasteiger partial charge < -0.3 is 11.1 Å². The minimum absolute atomic E-state index is 0.00250. The fourth-order valence-electron chi connectivity index (χ4n) is 1.83. The third-order valence-electron chi connectivity index (χ3n) is 2.81. The number of anilines is 2. The number of rotatable bonds is 6. The maximum Gasteiger partial charge on any atom is 0.252 e. The number of nitrogens with two attached hydrogens (primary N) is 1. The van der Waals surface area contributed by atoms with Crippen molar-refractivity contribution in [2.75, 3.05) is 23.9 Å². The number of nitrogens with zero attached hydrogens (tertiary/aromatic N) is 4. The molecule has 0 radical (unpaired) electrons. The van der Waals surface area contributed by atoms with Crippen LogP contribution >= 0.6 is 0 Å². The molecule has 0 unspecified atom stereocenters. The van der Waals surface area contributed by atoms with Gasteiger partial charge in [0.25, 0.3) is 5.95 Å². The molecule has 114 valence electrons. The second-order valence-corrected chi connectivity index (χ2v) is 6.53. The van der Waals surface area contributed by atoms with E-state index in [4.69, 9.17) is 5.73 Å². The van der Waals surface area contributed by atoms with Crippen molar-refractivity contribution in [3.05, 3.63) is 18.5 Å². The van der Waals surface area contributed by atoms with Crippen LogP contribution in [0.1, 0.15) is 19.8 Å².